The molecule has 0 bridgehead atoms. The lowest BCUT2D eigenvalue weighted by molar-refractivity contribution is 0.832. The molecular formula is C12H14N4S. The first-order chi connectivity index (χ1) is 8.27. The van der Waals surface area contributed by atoms with Gasteiger partial charge < -0.3 is 5.43 Å². The summed E-state index contributed by atoms with van der Waals surface area (Å²) >= 11 is 5.07. The number of hydrogen-bond donors (Lipinski definition) is 2. The van der Waals surface area contributed by atoms with Crippen LogP contribution in [0, 0.1) is 11.7 Å². The van der Waals surface area contributed by atoms with Crippen LogP contribution in [0.2, 0.25) is 0 Å². The molecule has 0 amide bonds. The number of hydrogen-bond acceptors (Lipinski definition) is 3. The third-order valence-corrected chi connectivity index (χ3v) is 2.59. The van der Waals surface area contributed by atoms with E-state index in [1.807, 2.05) is 31.2 Å². The molecule has 5 heteroatoms. The summed E-state index contributed by atoms with van der Waals surface area (Å²) in [5.74, 6) is 0.822. The van der Waals surface area contributed by atoms with E-state index in [9.17, 15) is 0 Å². The van der Waals surface area contributed by atoms with Gasteiger partial charge in [-0.3, -0.25) is 5.10 Å². The summed E-state index contributed by atoms with van der Waals surface area (Å²) in [6.45, 7) is 2.59. The lowest BCUT2D eigenvalue weighted by atomic mass is 10.2. The summed E-state index contributed by atoms with van der Waals surface area (Å²) in [6, 6.07) is 10.2. The molecule has 0 aliphatic rings. The highest BCUT2D eigenvalue weighted by atomic mass is 32.1. The van der Waals surface area contributed by atoms with Gasteiger partial charge in [0.25, 0.3) is 0 Å². The van der Waals surface area contributed by atoms with E-state index in [-0.39, 0.29) is 0 Å². The van der Waals surface area contributed by atoms with Crippen LogP contribution in [0.25, 0.3) is 6.08 Å². The van der Waals surface area contributed by atoms with Crippen LogP contribution in [0.15, 0.2) is 36.4 Å². The summed E-state index contributed by atoms with van der Waals surface area (Å²) in [7, 11) is 0. The number of nitrogens with zero attached hydrogens (tertiary/aromatic N) is 2. The molecule has 0 aliphatic heterocycles. The fourth-order valence-electron chi connectivity index (χ4n) is 1.47. The predicted molar refractivity (Wildman–Crippen MR) is 71.9 cm³/mol. The smallest absolute Gasteiger partial charge is 0.214 e. The second-order valence-corrected chi connectivity index (χ2v) is 3.97. The average Bonchev–Trinajstić information content (AvgIpc) is 2.67. The van der Waals surface area contributed by atoms with Crippen molar-refractivity contribution in [2.45, 2.75) is 6.92 Å². The van der Waals surface area contributed by atoms with Gasteiger partial charge in [-0.25, -0.2) is 4.68 Å². The average molecular weight is 246 g/mol. The zero-order chi connectivity index (χ0) is 12.1. The molecule has 2 rings (SSSR count). The van der Waals surface area contributed by atoms with Gasteiger partial charge in [0.15, 0.2) is 0 Å². The molecule has 17 heavy (non-hydrogen) atoms. The Morgan fingerprint density at radius 3 is 2.82 bits per heavy atom. The largest absolute Gasteiger partial charge is 0.318 e. The number of benzene rings is 1. The quantitative estimate of drug-likeness (QED) is 0.815. The van der Waals surface area contributed by atoms with Gasteiger partial charge in [0, 0.05) is 6.54 Å². The van der Waals surface area contributed by atoms with E-state index in [1.165, 1.54) is 5.56 Å². The van der Waals surface area contributed by atoms with E-state index in [0.29, 0.717) is 11.3 Å². The van der Waals surface area contributed by atoms with Gasteiger partial charge in [-0.2, -0.15) is 5.10 Å². The third kappa shape index (κ3) is 3.04. The van der Waals surface area contributed by atoms with Crippen molar-refractivity contribution >= 4 is 18.3 Å². The Morgan fingerprint density at radius 2 is 2.18 bits per heavy atom. The van der Waals surface area contributed by atoms with E-state index in [0.717, 1.165) is 5.82 Å². The summed E-state index contributed by atoms with van der Waals surface area (Å²) in [6.07, 6.45) is 4.11. The lowest BCUT2D eigenvalue weighted by Crippen LogP contribution is -2.16. The van der Waals surface area contributed by atoms with Crippen LogP contribution < -0.4 is 5.43 Å². The van der Waals surface area contributed by atoms with E-state index >= 15 is 0 Å². The number of aromatic amines is 1. The minimum atomic E-state index is 0.579. The van der Waals surface area contributed by atoms with Crippen molar-refractivity contribution in [3.8, 4) is 0 Å². The Labute approximate surface area is 105 Å². The molecular weight excluding hydrogens is 232 g/mol. The molecule has 0 unspecified atom stereocenters. The van der Waals surface area contributed by atoms with Crippen molar-refractivity contribution in [1.29, 1.82) is 0 Å². The second kappa shape index (κ2) is 5.45. The summed E-state index contributed by atoms with van der Waals surface area (Å²) in [5, 5.41) is 6.74. The molecule has 0 spiro atoms. The Bertz CT molecular complexity index is 553. The van der Waals surface area contributed by atoms with E-state index in [4.69, 9.17) is 12.2 Å². The summed E-state index contributed by atoms with van der Waals surface area (Å²) in [4.78, 5) is 0. The van der Waals surface area contributed by atoms with Gasteiger partial charge in [-0.15, -0.1) is 0 Å². The third-order valence-electron chi connectivity index (χ3n) is 2.32. The van der Waals surface area contributed by atoms with Crippen molar-refractivity contribution in [2.24, 2.45) is 0 Å². The van der Waals surface area contributed by atoms with Crippen molar-refractivity contribution in [2.75, 3.05) is 12.0 Å². The molecule has 0 radical (unpaired) electrons. The van der Waals surface area contributed by atoms with Crippen LogP contribution in [-0.4, -0.2) is 21.4 Å². The first-order valence-electron chi connectivity index (χ1n) is 5.37. The van der Waals surface area contributed by atoms with Crippen LogP contribution in [-0.2, 0) is 0 Å². The molecule has 88 valence electrons. The molecule has 1 heterocycles. The molecule has 0 saturated carbocycles. The SMILES string of the molecule is Cc1n[nH]c(=S)n1NC/C=C/c1ccccc1. The molecule has 0 aliphatic carbocycles. The molecule has 4 nitrogen and oxygen atoms in total. The normalized spacial score (nSPS) is 10.9. The Balaban J connectivity index is 1.92. The van der Waals surface area contributed by atoms with Gasteiger partial charge in [0.1, 0.15) is 5.82 Å². The fourth-order valence-corrected chi connectivity index (χ4v) is 1.71. The Morgan fingerprint density at radius 1 is 1.41 bits per heavy atom. The Kier molecular flexibility index (Phi) is 3.72. The van der Waals surface area contributed by atoms with Crippen LogP contribution in [0.1, 0.15) is 11.4 Å². The number of rotatable bonds is 4. The predicted octanol–water partition coefficient (Wildman–Crippen LogP) is 2.51. The van der Waals surface area contributed by atoms with Crippen molar-refractivity contribution in [1.82, 2.24) is 14.9 Å². The maximum atomic E-state index is 5.07. The number of H-pyrrole nitrogens is 1. The van der Waals surface area contributed by atoms with Gasteiger partial charge >= 0.3 is 0 Å². The van der Waals surface area contributed by atoms with Gasteiger partial charge in [0.2, 0.25) is 4.77 Å². The highest BCUT2D eigenvalue weighted by molar-refractivity contribution is 7.71. The van der Waals surface area contributed by atoms with Crippen LogP contribution in [0.3, 0.4) is 0 Å². The zero-order valence-electron chi connectivity index (χ0n) is 9.55. The van der Waals surface area contributed by atoms with E-state index < -0.39 is 0 Å². The van der Waals surface area contributed by atoms with Gasteiger partial charge in [0.05, 0.1) is 0 Å². The second-order valence-electron chi connectivity index (χ2n) is 3.59. The van der Waals surface area contributed by atoms with Crippen LogP contribution >= 0.6 is 12.2 Å². The van der Waals surface area contributed by atoms with Crippen molar-refractivity contribution in [3.63, 3.8) is 0 Å². The first kappa shape index (κ1) is 11.6. The lowest BCUT2D eigenvalue weighted by Gasteiger charge is -2.04. The molecule has 0 saturated heterocycles. The van der Waals surface area contributed by atoms with Gasteiger partial charge in [-0.1, -0.05) is 42.5 Å². The summed E-state index contributed by atoms with van der Waals surface area (Å²) in [5.41, 5.74) is 4.35. The number of aryl methyl sites for hydroxylation is 1. The minimum Gasteiger partial charge on any atom is -0.318 e. The monoisotopic (exact) mass is 246 g/mol. The van der Waals surface area contributed by atoms with Crippen molar-refractivity contribution in [3.05, 3.63) is 52.6 Å². The Hall–Kier alpha value is -1.88. The zero-order valence-corrected chi connectivity index (χ0v) is 10.4. The molecule has 0 atom stereocenters. The fraction of sp³-hybridized carbons (Fsp3) is 0.167. The number of nitrogens with one attached hydrogen (secondary N) is 2. The van der Waals surface area contributed by atoms with Crippen LogP contribution in [0.4, 0.5) is 0 Å². The maximum Gasteiger partial charge on any atom is 0.214 e. The number of aromatic nitrogens is 3. The first-order valence-corrected chi connectivity index (χ1v) is 5.77. The molecule has 0 fully saturated rings. The standard InChI is InChI=1S/C12H14N4S/c1-10-14-15-12(17)16(10)13-9-5-8-11-6-3-2-4-7-11/h2-8,13H,9H2,1H3,(H,15,17)/b8-5+. The molecule has 1 aromatic carbocycles. The maximum absolute atomic E-state index is 5.07. The summed E-state index contributed by atoms with van der Waals surface area (Å²) < 4.78 is 2.33. The minimum absolute atomic E-state index is 0.579. The van der Waals surface area contributed by atoms with E-state index in [1.54, 1.807) is 4.68 Å². The molecule has 2 N–H and O–H groups in total. The van der Waals surface area contributed by atoms with Crippen LogP contribution in [0.5, 0.6) is 0 Å². The molecule has 2 aromatic rings. The topological polar surface area (TPSA) is 45.6 Å². The van der Waals surface area contributed by atoms with E-state index in [2.05, 4.69) is 33.8 Å². The van der Waals surface area contributed by atoms with Gasteiger partial charge in [-0.05, 0) is 24.7 Å². The highest BCUT2D eigenvalue weighted by Crippen LogP contribution is 2.00. The molecule has 1 aromatic heterocycles. The highest BCUT2D eigenvalue weighted by Gasteiger charge is 1.96. The van der Waals surface area contributed by atoms with Crippen molar-refractivity contribution < 1.29 is 0 Å².